The number of hydrogen-bond donors (Lipinski definition) is 2. The lowest BCUT2D eigenvalue weighted by atomic mass is 10.0. The molecule has 1 atom stereocenters. The van der Waals surface area contributed by atoms with Gasteiger partial charge in [-0.1, -0.05) is 28.8 Å². The van der Waals surface area contributed by atoms with Crippen LogP contribution >= 0.6 is 23.2 Å². The van der Waals surface area contributed by atoms with Crippen molar-refractivity contribution in [2.24, 2.45) is 5.92 Å². The fourth-order valence-electron chi connectivity index (χ4n) is 5.46. The first-order chi connectivity index (χ1) is 21.2. The number of halogens is 2. The number of nitrogens with zero attached hydrogens (tertiary/aromatic N) is 4. The van der Waals surface area contributed by atoms with Crippen LogP contribution in [-0.2, 0) is 16.1 Å². The van der Waals surface area contributed by atoms with Crippen molar-refractivity contribution in [3.63, 3.8) is 0 Å². The van der Waals surface area contributed by atoms with Crippen LogP contribution in [0.2, 0.25) is 10.0 Å². The number of rotatable bonds is 12. The Morgan fingerprint density at radius 1 is 1.14 bits per heavy atom. The van der Waals surface area contributed by atoms with E-state index in [2.05, 4.69) is 15.6 Å². The van der Waals surface area contributed by atoms with Gasteiger partial charge in [-0.3, -0.25) is 14.2 Å². The average molecular weight is 646 g/mol. The van der Waals surface area contributed by atoms with Gasteiger partial charge in [-0.2, -0.15) is 4.98 Å². The molecule has 13 heteroatoms. The molecule has 2 N–H and O–H groups in total. The van der Waals surface area contributed by atoms with E-state index in [1.165, 1.54) is 14.2 Å². The van der Waals surface area contributed by atoms with Crippen LogP contribution in [0.5, 0.6) is 11.5 Å². The summed E-state index contributed by atoms with van der Waals surface area (Å²) in [6, 6.07) is 3.42. The number of amides is 1. The van der Waals surface area contributed by atoms with Crippen molar-refractivity contribution in [3.05, 3.63) is 50.4 Å². The number of hydrogen-bond acceptors (Lipinski definition) is 9. The molecule has 2 aromatic heterocycles. The predicted octanol–water partition coefficient (Wildman–Crippen LogP) is 4.39. The molecule has 2 aliphatic rings. The van der Waals surface area contributed by atoms with Crippen molar-refractivity contribution in [1.82, 2.24) is 24.8 Å². The number of carbonyl (C=O) groups is 1. The smallest absolute Gasteiger partial charge is 0.260 e. The second-order valence-corrected chi connectivity index (χ2v) is 12.1. The molecule has 1 aromatic carbocycles. The summed E-state index contributed by atoms with van der Waals surface area (Å²) in [6.07, 6.45) is 5.33. The molecule has 44 heavy (non-hydrogen) atoms. The first kappa shape index (κ1) is 32.0. The zero-order valence-corrected chi connectivity index (χ0v) is 26.9. The van der Waals surface area contributed by atoms with Crippen LogP contribution in [0.15, 0.2) is 34.8 Å². The van der Waals surface area contributed by atoms with Gasteiger partial charge < -0.3 is 29.7 Å². The summed E-state index contributed by atoms with van der Waals surface area (Å²) < 4.78 is 18.0. The topological polar surface area (TPSA) is 120 Å². The van der Waals surface area contributed by atoms with E-state index in [-0.39, 0.29) is 33.1 Å². The number of carbonyl (C=O) groups excluding carboxylic acids is 1. The highest BCUT2D eigenvalue weighted by Gasteiger charge is 2.29. The summed E-state index contributed by atoms with van der Waals surface area (Å²) in [5.41, 5.74) is 1.72. The number of fused-ring (bicyclic) bond motifs is 1. The van der Waals surface area contributed by atoms with E-state index in [0.29, 0.717) is 72.7 Å². The predicted molar refractivity (Wildman–Crippen MR) is 172 cm³/mol. The zero-order chi connectivity index (χ0) is 31.4. The molecule has 0 spiro atoms. The van der Waals surface area contributed by atoms with Gasteiger partial charge in [-0.15, -0.1) is 0 Å². The normalized spacial score (nSPS) is 16.6. The van der Waals surface area contributed by atoms with Gasteiger partial charge in [0.2, 0.25) is 11.9 Å². The number of aromatic nitrogens is 3. The number of methoxy groups -OCH3 is 2. The summed E-state index contributed by atoms with van der Waals surface area (Å²) in [7, 11) is 2.97. The van der Waals surface area contributed by atoms with Crippen molar-refractivity contribution in [2.45, 2.75) is 39.3 Å². The Bertz CT molecular complexity index is 1580. The molecule has 5 rings (SSSR count). The van der Waals surface area contributed by atoms with Gasteiger partial charge in [0.1, 0.15) is 17.1 Å². The zero-order valence-electron chi connectivity index (χ0n) is 25.4. The number of nitrogens with one attached hydrogen (secondary N) is 2. The lowest BCUT2D eigenvalue weighted by Crippen LogP contribution is -2.60. The van der Waals surface area contributed by atoms with Gasteiger partial charge in [0.15, 0.2) is 0 Å². The second-order valence-electron chi connectivity index (χ2n) is 11.3. The summed E-state index contributed by atoms with van der Waals surface area (Å²) in [5.74, 6) is 1.63. The maximum absolute atomic E-state index is 14.2. The highest BCUT2D eigenvalue weighted by atomic mass is 35.5. The minimum atomic E-state index is -0.319. The third-order valence-electron chi connectivity index (χ3n) is 7.90. The molecule has 2 fully saturated rings. The number of likely N-dealkylation sites (tertiary alicyclic amines) is 1. The van der Waals surface area contributed by atoms with Crippen LogP contribution in [0.1, 0.15) is 26.7 Å². The molecular weight excluding hydrogens is 607 g/mol. The van der Waals surface area contributed by atoms with Crippen LogP contribution < -0.4 is 25.7 Å². The summed E-state index contributed by atoms with van der Waals surface area (Å²) in [5, 5.41) is 7.80. The quantitative estimate of drug-likeness (QED) is 0.277. The van der Waals surface area contributed by atoms with Crippen LogP contribution in [0.3, 0.4) is 0 Å². The highest BCUT2D eigenvalue weighted by Crippen LogP contribution is 2.45. The van der Waals surface area contributed by atoms with Crippen LogP contribution in [0, 0.1) is 5.92 Å². The van der Waals surface area contributed by atoms with E-state index >= 15 is 0 Å². The molecule has 2 saturated heterocycles. The Hall–Kier alpha value is -3.38. The molecule has 0 aliphatic carbocycles. The number of pyridine rings is 1. The monoisotopic (exact) mass is 644 g/mol. The van der Waals surface area contributed by atoms with E-state index in [9.17, 15) is 9.59 Å². The third kappa shape index (κ3) is 6.96. The molecule has 0 saturated carbocycles. The highest BCUT2D eigenvalue weighted by molar-refractivity contribution is 6.41. The van der Waals surface area contributed by atoms with Crippen molar-refractivity contribution in [3.8, 4) is 22.6 Å². The van der Waals surface area contributed by atoms with E-state index in [1.807, 2.05) is 13.8 Å². The van der Waals surface area contributed by atoms with Gasteiger partial charge in [-0.05, 0) is 38.7 Å². The van der Waals surface area contributed by atoms with Gasteiger partial charge >= 0.3 is 0 Å². The molecule has 1 amide bonds. The summed E-state index contributed by atoms with van der Waals surface area (Å²) in [4.78, 5) is 37.5. The maximum Gasteiger partial charge on any atom is 0.260 e. The fraction of sp³-hybridized carbons (Fsp3) is 0.484. The Morgan fingerprint density at radius 3 is 2.50 bits per heavy atom. The van der Waals surface area contributed by atoms with Crippen molar-refractivity contribution >= 4 is 46.1 Å². The molecule has 11 nitrogen and oxygen atoms in total. The molecule has 3 aromatic rings. The Balaban J connectivity index is 1.44. The SMILES string of the molecule is COc1cc(OC)c(Cl)c(-c2cc3cnc(NCCC4CCOC4)nc3n(CCNC3CN(C(=O)C=C(C)C)C3)c2=O)c1Cl. The molecule has 1 unspecified atom stereocenters. The number of anilines is 1. The summed E-state index contributed by atoms with van der Waals surface area (Å²) >= 11 is 13.4. The molecule has 0 bridgehead atoms. The average Bonchev–Trinajstić information content (AvgIpc) is 3.49. The minimum Gasteiger partial charge on any atom is -0.495 e. The van der Waals surface area contributed by atoms with Crippen molar-refractivity contribution in [1.29, 1.82) is 0 Å². The number of allylic oxidation sites excluding steroid dienone is 1. The Kier molecular flexibility index (Phi) is 10.3. The van der Waals surface area contributed by atoms with E-state index in [4.69, 9.17) is 42.4 Å². The number of ether oxygens (including phenoxy) is 3. The lowest BCUT2D eigenvalue weighted by molar-refractivity contribution is -0.130. The minimum absolute atomic E-state index is 0.0117. The van der Waals surface area contributed by atoms with Crippen molar-refractivity contribution in [2.75, 3.05) is 58.9 Å². The van der Waals surface area contributed by atoms with Crippen LogP contribution in [0.4, 0.5) is 5.95 Å². The second kappa shape index (κ2) is 14.2. The number of benzene rings is 1. The maximum atomic E-state index is 14.2. The van der Waals surface area contributed by atoms with E-state index < -0.39 is 0 Å². The Morgan fingerprint density at radius 2 is 1.86 bits per heavy atom. The molecule has 4 heterocycles. The largest absolute Gasteiger partial charge is 0.495 e. The van der Waals surface area contributed by atoms with Gasteiger partial charge in [0, 0.05) is 81.3 Å². The van der Waals surface area contributed by atoms with Gasteiger partial charge in [0.05, 0.1) is 29.8 Å². The first-order valence-corrected chi connectivity index (χ1v) is 15.5. The van der Waals surface area contributed by atoms with Crippen LogP contribution in [0.25, 0.3) is 22.2 Å². The van der Waals surface area contributed by atoms with E-state index in [1.54, 1.807) is 33.9 Å². The van der Waals surface area contributed by atoms with Gasteiger partial charge in [-0.25, -0.2) is 4.98 Å². The molecule has 0 radical (unpaired) electrons. The molecular formula is C31H38Cl2N6O5. The Labute approximate surface area is 266 Å². The van der Waals surface area contributed by atoms with E-state index in [0.717, 1.165) is 31.6 Å². The van der Waals surface area contributed by atoms with Gasteiger partial charge in [0.25, 0.3) is 5.56 Å². The third-order valence-corrected chi connectivity index (χ3v) is 8.65. The lowest BCUT2D eigenvalue weighted by Gasteiger charge is -2.39. The van der Waals surface area contributed by atoms with Crippen LogP contribution in [-0.4, -0.2) is 85.0 Å². The standard InChI is InChI=1S/C31H38Cl2N6O5/c1-18(2)11-25(40)38-15-21(16-38)34-8-9-39-29-20(14-36-31(37-29)35-7-5-19-6-10-44-17-19)12-22(30(39)41)26-27(32)23(42-3)13-24(43-4)28(26)33/h11-14,19,21,34H,5-10,15-17H2,1-4H3,(H,35,36,37). The summed E-state index contributed by atoms with van der Waals surface area (Å²) in [6.45, 7) is 8.09. The first-order valence-electron chi connectivity index (χ1n) is 14.7. The molecule has 236 valence electrons. The van der Waals surface area contributed by atoms with Crippen molar-refractivity contribution < 1.29 is 19.0 Å². The molecule has 2 aliphatic heterocycles. The fourth-order valence-corrected chi connectivity index (χ4v) is 6.16.